The Kier molecular flexibility index (Phi) is 5.74. The van der Waals surface area contributed by atoms with Gasteiger partial charge in [0.2, 0.25) is 0 Å². The van der Waals surface area contributed by atoms with Crippen molar-refractivity contribution in [3.05, 3.63) is 81.8 Å². The molecule has 0 bridgehead atoms. The minimum atomic E-state index is -3.90. The van der Waals surface area contributed by atoms with Crippen molar-refractivity contribution in [2.24, 2.45) is 0 Å². The zero-order chi connectivity index (χ0) is 21.9. The highest BCUT2D eigenvalue weighted by molar-refractivity contribution is 7.92. The first kappa shape index (κ1) is 20.9. The van der Waals surface area contributed by atoms with Gasteiger partial charge in [-0.2, -0.15) is 0 Å². The van der Waals surface area contributed by atoms with E-state index in [-0.39, 0.29) is 27.7 Å². The zero-order valence-corrected chi connectivity index (χ0v) is 16.8. The van der Waals surface area contributed by atoms with Gasteiger partial charge in [-0.1, -0.05) is 12.1 Å². The summed E-state index contributed by atoms with van der Waals surface area (Å²) in [6.45, 7) is 3.38. The number of para-hydroxylation sites is 1. The fourth-order valence-electron chi connectivity index (χ4n) is 2.71. The number of aromatic nitrogens is 2. The van der Waals surface area contributed by atoms with Crippen molar-refractivity contribution in [2.75, 3.05) is 10.0 Å². The van der Waals surface area contributed by atoms with E-state index in [1.807, 2.05) is 0 Å². The molecule has 3 rings (SSSR count). The monoisotopic (exact) mass is 427 g/mol. The Hall–Kier alpha value is -3.86. The van der Waals surface area contributed by atoms with Gasteiger partial charge >= 0.3 is 0 Å². The number of nitrogens with one attached hydrogen (secondary N) is 2. The first-order valence-corrected chi connectivity index (χ1v) is 10.1. The van der Waals surface area contributed by atoms with E-state index >= 15 is 0 Å². The molecule has 0 spiro atoms. The maximum absolute atomic E-state index is 12.6. The Morgan fingerprint density at radius 2 is 1.70 bits per heavy atom. The third-order valence-electron chi connectivity index (χ3n) is 3.97. The minimum absolute atomic E-state index is 0.0416. The Morgan fingerprint density at radius 1 is 1.03 bits per heavy atom. The molecule has 0 unspecified atom stereocenters. The summed E-state index contributed by atoms with van der Waals surface area (Å²) in [5.74, 6) is -0.0995. The van der Waals surface area contributed by atoms with Crippen molar-refractivity contribution >= 4 is 33.1 Å². The normalized spacial score (nSPS) is 11.0. The Bertz CT molecular complexity index is 1210. The first-order chi connectivity index (χ1) is 14.2. The molecule has 2 aromatic carbocycles. The Morgan fingerprint density at radius 3 is 2.33 bits per heavy atom. The molecule has 0 saturated carbocycles. The van der Waals surface area contributed by atoms with E-state index in [2.05, 4.69) is 20.0 Å². The van der Waals surface area contributed by atoms with Crippen molar-refractivity contribution in [1.82, 2.24) is 9.97 Å². The lowest BCUT2D eigenvalue weighted by Crippen LogP contribution is -2.16. The van der Waals surface area contributed by atoms with Crippen molar-refractivity contribution in [2.45, 2.75) is 18.7 Å². The molecule has 30 heavy (non-hydrogen) atoms. The van der Waals surface area contributed by atoms with E-state index in [4.69, 9.17) is 0 Å². The molecule has 2 N–H and O–H groups in total. The van der Waals surface area contributed by atoms with Gasteiger partial charge < -0.3 is 5.32 Å². The molecular weight excluding hydrogens is 410 g/mol. The highest BCUT2D eigenvalue weighted by Gasteiger charge is 2.20. The molecule has 0 fully saturated rings. The van der Waals surface area contributed by atoms with Crippen molar-refractivity contribution in [1.29, 1.82) is 0 Å². The molecule has 0 saturated heterocycles. The van der Waals surface area contributed by atoms with Crippen LogP contribution in [-0.2, 0) is 10.0 Å². The van der Waals surface area contributed by atoms with Crippen LogP contribution in [0.2, 0.25) is 0 Å². The van der Waals surface area contributed by atoms with Crippen LogP contribution in [0.4, 0.5) is 17.2 Å². The van der Waals surface area contributed by atoms with E-state index in [1.165, 1.54) is 54.6 Å². The summed E-state index contributed by atoms with van der Waals surface area (Å²) in [6, 6.07) is 12.4. The number of benzene rings is 2. The van der Waals surface area contributed by atoms with E-state index in [9.17, 15) is 23.3 Å². The average molecular weight is 427 g/mol. The number of carbonyl (C=O) groups is 1. The fraction of sp³-hybridized carbons (Fsp3) is 0.105. The molecule has 1 amide bonds. The summed E-state index contributed by atoms with van der Waals surface area (Å²) in [6.07, 6.45) is 0. The molecule has 0 aliphatic carbocycles. The topological polar surface area (TPSA) is 144 Å². The van der Waals surface area contributed by atoms with Crippen LogP contribution in [0.1, 0.15) is 21.9 Å². The van der Waals surface area contributed by atoms with Gasteiger partial charge in [-0.05, 0) is 44.2 Å². The van der Waals surface area contributed by atoms with Crippen LogP contribution in [0.3, 0.4) is 0 Å². The average Bonchev–Trinajstić information content (AvgIpc) is 2.67. The lowest BCUT2D eigenvalue weighted by atomic mass is 10.1. The minimum Gasteiger partial charge on any atom is -0.322 e. The molecule has 154 valence electrons. The standard InChI is InChI=1S/C19H17N5O5S/c1-12-11-18(21-13(2)20-12)23-30(28,29)15-9-7-14(8-10-15)22-19(25)16-5-3-4-6-17(16)24(26)27/h3-11H,1-2H3,(H,22,25)(H,20,21,23). The predicted octanol–water partition coefficient (Wildman–Crippen LogP) is 3.05. The number of nitro benzene ring substituents is 1. The number of nitrogens with zero attached hydrogens (tertiary/aromatic N) is 3. The highest BCUT2D eigenvalue weighted by Crippen LogP contribution is 2.21. The van der Waals surface area contributed by atoms with Crippen molar-refractivity contribution < 1.29 is 18.1 Å². The number of hydrogen-bond acceptors (Lipinski definition) is 7. The summed E-state index contributed by atoms with van der Waals surface area (Å²) in [7, 11) is -3.90. The number of aryl methyl sites for hydroxylation is 2. The van der Waals surface area contributed by atoms with Gasteiger partial charge in [0.25, 0.3) is 21.6 Å². The number of carbonyl (C=O) groups excluding carboxylic acids is 1. The molecular formula is C19H17N5O5S. The molecule has 11 heteroatoms. The molecule has 1 heterocycles. The van der Waals surface area contributed by atoms with Crippen LogP contribution >= 0.6 is 0 Å². The van der Waals surface area contributed by atoms with Crippen molar-refractivity contribution in [3.63, 3.8) is 0 Å². The highest BCUT2D eigenvalue weighted by atomic mass is 32.2. The Balaban J connectivity index is 1.77. The first-order valence-electron chi connectivity index (χ1n) is 8.65. The lowest BCUT2D eigenvalue weighted by Gasteiger charge is -2.10. The number of sulfonamides is 1. The molecule has 0 radical (unpaired) electrons. The Labute approximate surface area is 172 Å². The molecule has 0 atom stereocenters. The number of nitro groups is 1. The lowest BCUT2D eigenvalue weighted by molar-refractivity contribution is -0.385. The number of rotatable bonds is 6. The largest absolute Gasteiger partial charge is 0.322 e. The number of anilines is 2. The van der Waals surface area contributed by atoms with Gasteiger partial charge in [0.15, 0.2) is 0 Å². The van der Waals surface area contributed by atoms with Gasteiger partial charge in [0.05, 0.1) is 9.82 Å². The van der Waals surface area contributed by atoms with E-state index in [1.54, 1.807) is 13.8 Å². The van der Waals surface area contributed by atoms with Crippen molar-refractivity contribution in [3.8, 4) is 0 Å². The second-order valence-electron chi connectivity index (χ2n) is 6.30. The van der Waals surface area contributed by atoms with E-state index in [0.717, 1.165) is 0 Å². The SMILES string of the molecule is Cc1cc(NS(=O)(=O)c2ccc(NC(=O)c3ccccc3[N+](=O)[O-])cc2)nc(C)n1. The maximum atomic E-state index is 12.6. The summed E-state index contributed by atoms with van der Waals surface area (Å²) >= 11 is 0. The number of hydrogen-bond donors (Lipinski definition) is 2. The second-order valence-corrected chi connectivity index (χ2v) is 7.98. The number of amides is 1. The molecule has 1 aromatic heterocycles. The van der Waals surface area contributed by atoms with Gasteiger partial charge in [0, 0.05) is 23.5 Å². The third kappa shape index (κ3) is 4.75. The van der Waals surface area contributed by atoms with Gasteiger partial charge in [-0.3, -0.25) is 19.6 Å². The van der Waals surface area contributed by atoms with Gasteiger partial charge in [-0.15, -0.1) is 0 Å². The molecule has 0 aliphatic rings. The van der Waals surface area contributed by atoms with Crippen LogP contribution in [0, 0.1) is 24.0 Å². The second kappa shape index (κ2) is 8.25. The van der Waals surface area contributed by atoms with Crippen LogP contribution in [0.25, 0.3) is 0 Å². The molecule has 10 nitrogen and oxygen atoms in total. The summed E-state index contributed by atoms with van der Waals surface area (Å²) in [4.78, 5) is 30.9. The zero-order valence-electron chi connectivity index (χ0n) is 16.0. The van der Waals surface area contributed by atoms with E-state index < -0.39 is 20.9 Å². The predicted molar refractivity (Wildman–Crippen MR) is 110 cm³/mol. The van der Waals surface area contributed by atoms with Gasteiger partial charge in [0.1, 0.15) is 17.2 Å². The van der Waals surface area contributed by atoms with Crippen LogP contribution < -0.4 is 10.0 Å². The van der Waals surface area contributed by atoms with E-state index in [0.29, 0.717) is 11.5 Å². The van der Waals surface area contributed by atoms with Crippen LogP contribution in [0.5, 0.6) is 0 Å². The third-order valence-corrected chi connectivity index (χ3v) is 5.34. The smallest absolute Gasteiger partial charge is 0.282 e. The molecule has 3 aromatic rings. The summed E-state index contributed by atoms with van der Waals surface area (Å²) in [5.41, 5.74) is 0.475. The summed E-state index contributed by atoms with van der Waals surface area (Å²) in [5, 5.41) is 13.6. The fourth-order valence-corrected chi connectivity index (χ4v) is 3.70. The van der Waals surface area contributed by atoms with Crippen LogP contribution in [-0.4, -0.2) is 29.2 Å². The van der Waals surface area contributed by atoms with Crippen LogP contribution in [0.15, 0.2) is 59.5 Å². The maximum Gasteiger partial charge on any atom is 0.282 e. The molecule has 0 aliphatic heterocycles. The van der Waals surface area contributed by atoms with Gasteiger partial charge in [-0.25, -0.2) is 18.4 Å². The quantitative estimate of drug-likeness (QED) is 0.454. The summed E-state index contributed by atoms with van der Waals surface area (Å²) < 4.78 is 27.5.